The molecule has 0 bridgehead atoms. The van der Waals surface area contributed by atoms with Gasteiger partial charge in [0.05, 0.1) is 17.5 Å². The highest BCUT2D eigenvalue weighted by atomic mass is 19.4. The maximum Gasteiger partial charge on any atom is 0.416 e. The molecule has 9 heteroatoms. The molecule has 1 aromatic carbocycles. The van der Waals surface area contributed by atoms with Crippen LogP contribution in [0.4, 0.5) is 17.6 Å². The van der Waals surface area contributed by atoms with Gasteiger partial charge in [0.25, 0.3) is 5.91 Å². The van der Waals surface area contributed by atoms with Crippen molar-refractivity contribution in [1.82, 2.24) is 14.9 Å². The summed E-state index contributed by atoms with van der Waals surface area (Å²) in [6, 6.07) is 2.49. The fraction of sp³-hybridized carbons (Fsp3) is 0.312. The number of primary amides is 1. The Morgan fingerprint density at radius 2 is 2.12 bits per heavy atom. The summed E-state index contributed by atoms with van der Waals surface area (Å²) in [5.74, 6) is -1.83. The highest BCUT2D eigenvalue weighted by molar-refractivity contribution is 5.88. The van der Waals surface area contributed by atoms with E-state index in [4.69, 9.17) is 5.73 Å². The largest absolute Gasteiger partial charge is 0.416 e. The molecule has 0 atom stereocenters. The monoisotopic (exact) mass is 353 g/mol. The Labute approximate surface area is 140 Å². The van der Waals surface area contributed by atoms with Gasteiger partial charge < -0.3 is 5.73 Å². The minimum Gasteiger partial charge on any atom is -0.363 e. The van der Waals surface area contributed by atoms with Crippen molar-refractivity contribution in [3.63, 3.8) is 0 Å². The number of hydrogen-bond donors (Lipinski definition) is 1. The molecule has 2 N–H and O–H groups in total. The highest BCUT2D eigenvalue weighted by Gasteiger charge is 2.31. The number of hydrogen-bond acceptors (Lipinski definition) is 4. The molecule has 2 aromatic rings. The van der Waals surface area contributed by atoms with Crippen molar-refractivity contribution in [3.05, 3.63) is 58.4 Å². The van der Waals surface area contributed by atoms with Crippen molar-refractivity contribution < 1.29 is 22.4 Å². The molecular formula is C16H13F4N4O. The van der Waals surface area contributed by atoms with E-state index < -0.39 is 23.5 Å². The molecule has 0 saturated heterocycles. The zero-order valence-corrected chi connectivity index (χ0v) is 12.9. The first-order valence-electron chi connectivity index (χ1n) is 7.39. The molecule has 0 saturated carbocycles. The van der Waals surface area contributed by atoms with Gasteiger partial charge in [0.1, 0.15) is 5.82 Å². The Morgan fingerprint density at radius 1 is 1.36 bits per heavy atom. The maximum atomic E-state index is 14.0. The second-order valence-corrected chi connectivity index (χ2v) is 5.71. The molecule has 1 aliphatic heterocycles. The maximum absolute atomic E-state index is 14.0. The average Bonchev–Trinajstić information content (AvgIpc) is 2.55. The molecular weight excluding hydrogens is 340 g/mol. The Hall–Kier alpha value is -2.55. The van der Waals surface area contributed by atoms with E-state index in [1.54, 1.807) is 0 Å². The Kier molecular flexibility index (Phi) is 4.42. The van der Waals surface area contributed by atoms with Crippen LogP contribution in [0, 0.1) is 12.0 Å². The standard InChI is InChI=1S/C16H13F4N4O/c17-12-5-11(16(18,19)20)2-1-10(12)7-24-4-3-9-6-22-15(14(21)25)23-13(9)8-24/h1-2,5H,3-4,7-8H2,(H2,21,25). The first kappa shape index (κ1) is 17.3. The first-order valence-corrected chi connectivity index (χ1v) is 7.39. The van der Waals surface area contributed by atoms with Crippen LogP contribution in [0.25, 0.3) is 0 Å². The van der Waals surface area contributed by atoms with Crippen LogP contribution in [0.1, 0.15) is 33.0 Å². The fourth-order valence-corrected chi connectivity index (χ4v) is 2.63. The van der Waals surface area contributed by atoms with Crippen molar-refractivity contribution in [3.8, 4) is 0 Å². The summed E-state index contributed by atoms with van der Waals surface area (Å²) in [5, 5.41) is 0. The molecule has 1 aromatic heterocycles. The molecule has 25 heavy (non-hydrogen) atoms. The van der Waals surface area contributed by atoms with Gasteiger partial charge in [0.15, 0.2) is 0 Å². The second kappa shape index (κ2) is 6.40. The van der Waals surface area contributed by atoms with Gasteiger partial charge in [0.2, 0.25) is 5.82 Å². The van der Waals surface area contributed by atoms with Gasteiger partial charge >= 0.3 is 6.18 Å². The Bertz CT molecular complexity index is 822. The third kappa shape index (κ3) is 3.76. The van der Waals surface area contributed by atoms with E-state index in [0.29, 0.717) is 31.3 Å². The lowest BCUT2D eigenvalue weighted by Crippen LogP contribution is -2.32. The number of carbonyl (C=O) groups is 1. The molecule has 1 aliphatic rings. The quantitative estimate of drug-likeness (QED) is 0.858. The molecule has 1 amide bonds. The predicted octanol–water partition coefficient (Wildman–Crippen LogP) is 2.09. The van der Waals surface area contributed by atoms with Crippen molar-refractivity contribution in [2.75, 3.05) is 6.54 Å². The van der Waals surface area contributed by atoms with E-state index in [0.717, 1.165) is 17.7 Å². The smallest absolute Gasteiger partial charge is 0.363 e. The molecule has 2 heterocycles. The Balaban J connectivity index is 1.77. The third-order valence-electron chi connectivity index (χ3n) is 3.93. The van der Waals surface area contributed by atoms with Gasteiger partial charge in [-0.25, -0.2) is 14.4 Å². The number of amides is 1. The average molecular weight is 353 g/mol. The van der Waals surface area contributed by atoms with E-state index in [1.807, 2.05) is 4.90 Å². The van der Waals surface area contributed by atoms with Crippen LogP contribution in [-0.4, -0.2) is 27.3 Å². The van der Waals surface area contributed by atoms with Gasteiger partial charge in [-0.05, 0) is 18.6 Å². The van der Waals surface area contributed by atoms with Gasteiger partial charge in [-0.15, -0.1) is 0 Å². The fourth-order valence-electron chi connectivity index (χ4n) is 2.63. The van der Waals surface area contributed by atoms with Crippen molar-refractivity contribution in [2.45, 2.75) is 25.7 Å². The van der Waals surface area contributed by atoms with Crippen molar-refractivity contribution >= 4 is 5.91 Å². The highest BCUT2D eigenvalue weighted by Crippen LogP contribution is 2.30. The van der Waals surface area contributed by atoms with E-state index in [1.165, 1.54) is 0 Å². The predicted molar refractivity (Wildman–Crippen MR) is 78.6 cm³/mol. The summed E-state index contributed by atoms with van der Waals surface area (Å²) in [7, 11) is 0. The van der Waals surface area contributed by atoms with Gasteiger partial charge in [0, 0.05) is 30.8 Å². The SMILES string of the molecule is NC(=O)c1n[c]c2c(n1)CN(Cc1ccc(C(F)(F)F)cc1F)CC2. The normalized spacial score (nSPS) is 15.0. The second-order valence-electron chi connectivity index (χ2n) is 5.71. The van der Waals surface area contributed by atoms with Crippen LogP contribution in [0.2, 0.25) is 0 Å². The zero-order valence-electron chi connectivity index (χ0n) is 12.9. The van der Waals surface area contributed by atoms with Gasteiger partial charge in [-0.3, -0.25) is 9.69 Å². The number of nitrogens with two attached hydrogens (primary N) is 1. The van der Waals surface area contributed by atoms with Crippen LogP contribution in [0.15, 0.2) is 18.2 Å². The van der Waals surface area contributed by atoms with Crippen LogP contribution >= 0.6 is 0 Å². The molecule has 0 fully saturated rings. The summed E-state index contributed by atoms with van der Waals surface area (Å²) in [6.07, 6.45) is -1.32. The molecule has 1 radical (unpaired) electrons. The van der Waals surface area contributed by atoms with Crippen LogP contribution in [-0.2, 0) is 25.7 Å². The lowest BCUT2D eigenvalue weighted by atomic mass is 10.0. The number of carbonyl (C=O) groups excluding carboxylic acids is 1. The lowest BCUT2D eigenvalue weighted by Gasteiger charge is -2.27. The number of halogens is 4. The van der Waals surface area contributed by atoms with Gasteiger partial charge in [-0.2, -0.15) is 13.2 Å². The number of nitrogens with zero attached hydrogens (tertiary/aromatic N) is 3. The van der Waals surface area contributed by atoms with Crippen molar-refractivity contribution in [2.24, 2.45) is 5.73 Å². The third-order valence-corrected chi connectivity index (χ3v) is 3.93. The van der Waals surface area contributed by atoms with E-state index in [9.17, 15) is 22.4 Å². The molecule has 131 valence electrons. The minimum atomic E-state index is -4.58. The summed E-state index contributed by atoms with van der Waals surface area (Å²) in [5.41, 5.74) is 5.57. The van der Waals surface area contributed by atoms with E-state index in [-0.39, 0.29) is 17.9 Å². The summed E-state index contributed by atoms with van der Waals surface area (Å²) in [6.45, 7) is 0.970. The number of rotatable bonds is 3. The summed E-state index contributed by atoms with van der Waals surface area (Å²) >= 11 is 0. The zero-order chi connectivity index (χ0) is 18.2. The summed E-state index contributed by atoms with van der Waals surface area (Å²) in [4.78, 5) is 20.8. The molecule has 0 unspecified atom stereocenters. The van der Waals surface area contributed by atoms with E-state index in [2.05, 4.69) is 16.2 Å². The van der Waals surface area contributed by atoms with Crippen LogP contribution in [0.5, 0.6) is 0 Å². The number of alkyl halides is 3. The number of fused-ring (bicyclic) bond motifs is 1. The molecule has 3 rings (SSSR count). The topological polar surface area (TPSA) is 72.1 Å². The molecule has 0 aliphatic carbocycles. The van der Waals surface area contributed by atoms with Gasteiger partial charge in [-0.1, -0.05) is 6.07 Å². The minimum absolute atomic E-state index is 0.124. The molecule has 0 spiro atoms. The molecule has 5 nitrogen and oxygen atoms in total. The van der Waals surface area contributed by atoms with Crippen LogP contribution in [0.3, 0.4) is 0 Å². The Morgan fingerprint density at radius 3 is 2.76 bits per heavy atom. The number of benzene rings is 1. The lowest BCUT2D eigenvalue weighted by molar-refractivity contribution is -0.137. The van der Waals surface area contributed by atoms with Crippen LogP contribution < -0.4 is 5.73 Å². The first-order chi connectivity index (χ1) is 11.7. The summed E-state index contributed by atoms with van der Waals surface area (Å²) < 4.78 is 51.8. The van der Waals surface area contributed by atoms with Crippen molar-refractivity contribution in [1.29, 1.82) is 0 Å². The number of aromatic nitrogens is 2. The van der Waals surface area contributed by atoms with E-state index >= 15 is 0 Å².